The van der Waals surface area contributed by atoms with Gasteiger partial charge < -0.3 is 15.6 Å². The van der Waals surface area contributed by atoms with Crippen molar-refractivity contribution in [3.05, 3.63) is 11.7 Å². The molecule has 1 aliphatic heterocycles. The summed E-state index contributed by atoms with van der Waals surface area (Å²) >= 11 is 0. The van der Waals surface area contributed by atoms with Crippen LogP contribution >= 0.6 is 12.4 Å². The van der Waals surface area contributed by atoms with Crippen molar-refractivity contribution in [2.24, 2.45) is 5.73 Å². The summed E-state index contributed by atoms with van der Waals surface area (Å²) in [7, 11) is 0. The first-order chi connectivity index (χ1) is 6.24. The lowest BCUT2D eigenvalue weighted by Crippen LogP contribution is -2.33. The molecule has 1 aromatic heterocycles. The Kier molecular flexibility index (Phi) is 3.47. The summed E-state index contributed by atoms with van der Waals surface area (Å²) in [5.74, 6) is 1.23. The molecule has 1 fully saturated rings. The standard InChI is InChI=1S/C8H14N4O.ClH/c1-8(3-2-4-10-8)7-11-6(5-9)12-13-7;/h10H,2-5,9H2,1H3;1H. The lowest BCUT2D eigenvalue weighted by molar-refractivity contribution is 0.274. The van der Waals surface area contributed by atoms with E-state index < -0.39 is 0 Å². The zero-order valence-corrected chi connectivity index (χ0v) is 8.93. The summed E-state index contributed by atoms with van der Waals surface area (Å²) in [6.45, 7) is 3.42. The number of nitrogens with two attached hydrogens (primary N) is 1. The van der Waals surface area contributed by atoms with E-state index in [0.29, 0.717) is 18.3 Å². The second-order valence-corrected chi connectivity index (χ2v) is 3.58. The van der Waals surface area contributed by atoms with Gasteiger partial charge in [-0.25, -0.2) is 0 Å². The number of nitrogens with zero attached hydrogens (tertiary/aromatic N) is 2. The highest BCUT2D eigenvalue weighted by molar-refractivity contribution is 5.85. The van der Waals surface area contributed by atoms with Crippen molar-refractivity contribution in [1.29, 1.82) is 0 Å². The molecule has 0 spiro atoms. The van der Waals surface area contributed by atoms with Crippen LogP contribution < -0.4 is 11.1 Å². The number of halogens is 1. The van der Waals surface area contributed by atoms with E-state index in [2.05, 4.69) is 22.4 Å². The first kappa shape index (κ1) is 11.4. The first-order valence-corrected chi connectivity index (χ1v) is 4.53. The zero-order valence-electron chi connectivity index (χ0n) is 8.12. The van der Waals surface area contributed by atoms with Crippen LogP contribution in [0.4, 0.5) is 0 Å². The maximum atomic E-state index is 5.40. The molecule has 14 heavy (non-hydrogen) atoms. The minimum atomic E-state index is -0.138. The van der Waals surface area contributed by atoms with Gasteiger partial charge in [0.1, 0.15) is 0 Å². The van der Waals surface area contributed by atoms with E-state index in [1.165, 1.54) is 0 Å². The highest BCUT2D eigenvalue weighted by Gasteiger charge is 2.35. The summed E-state index contributed by atoms with van der Waals surface area (Å²) < 4.78 is 5.14. The molecule has 0 radical (unpaired) electrons. The van der Waals surface area contributed by atoms with Crippen molar-refractivity contribution < 1.29 is 4.52 Å². The Morgan fingerprint density at radius 3 is 2.93 bits per heavy atom. The van der Waals surface area contributed by atoms with Gasteiger partial charge in [-0.15, -0.1) is 12.4 Å². The largest absolute Gasteiger partial charge is 0.337 e. The topological polar surface area (TPSA) is 77.0 Å². The molecule has 1 aromatic rings. The van der Waals surface area contributed by atoms with Crippen molar-refractivity contribution in [3.8, 4) is 0 Å². The maximum Gasteiger partial charge on any atom is 0.246 e. The average Bonchev–Trinajstić information content (AvgIpc) is 2.72. The van der Waals surface area contributed by atoms with Crippen LogP contribution in [0.5, 0.6) is 0 Å². The van der Waals surface area contributed by atoms with E-state index in [4.69, 9.17) is 10.3 Å². The van der Waals surface area contributed by atoms with Crippen LogP contribution in [-0.4, -0.2) is 16.7 Å². The number of hydrogen-bond donors (Lipinski definition) is 2. The summed E-state index contributed by atoms with van der Waals surface area (Å²) in [4.78, 5) is 4.22. The van der Waals surface area contributed by atoms with Crippen molar-refractivity contribution in [1.82, 2.24) is 15.5 Å². The number of nitrogens with one attached hydrogen (secondary N) is 1. The Morgan fingerprint density at radius 2 is 2.43 bits per heavy atom. The monoisotopic (exact) mass is 218 g/mol. The summed E-state index contributed by atoms with van der Waals surface area (Å²) in [5.41, 5.74) is 5.26. The lowest BCUT2D eigenvalue weighted by atomic mass is 10.0. The number of aromatic nitrogens is 2. The fourth-order valence-electron chi connectivity index (χ4n) is 1.64. The molecule has 0 aliphatic carbocycles. The van der Waals surface area contributed by atoms with Gasteiger partial charge in [0.25, 0.3) is 0 Å². The Labute approximate surface area is 88.8 Å². The van der Waals surface area contributed by atoms with E-state index in [0.717, 1.165) is 19.4 Å². The van der Waals surface area contributed by atoms with Gasteiger partial charge in [-0.1, -0.05) is 5.16 Å². The Hall–Kier alpha value is -0.650. The molecular weight excluding hydrogens is 204 g/mol. The summed E-state index contributed by atoms with van der Waals surface area (Å²) in [6, 6.07) is 0. The predicted octanol–water partition coefficient (Wildman–Crippen LogP) is 0.549. The molecule has 5 nitrogen and oxygen atoms in total. The molecule has 1 atom stereocenters. The van der Waals surface area contributed by atoms with Crippen molar-refractivity contribution >= 4 is 12.4 Å². The zero-order chi connectivity index (χ0) is 9.31. The van der Waals surface area contributed by atoms with Crippen LogP contribution in [0, 0.1) is 0 Å². The molecule has 0 saturated carbocycles. The normalized spacial score (nSPS) is 26.1. The molecule has 0 amide bonds. The van der Waals surface area contributed by atoms with Crippen LogP contribution in [0.25, 0.3) is 0 Å². The third kappa shape index (κ3) is 1.89. The van der Waals surface area contributed by atoms with Crippen molar-refractivity contribution in [2.75, 3.05) is 6.54 Å². The Balaban J connectivity index is 0.000000980. The molecule has 2 heterocycles. The summed E-state index contributed by atoms with van der Waals surface area (Å²) in [5, 5.41) is 7.12. The molecule has 0 bridgehead atoms. The smallest absolute Gasteiger partial charge is 0.246 e. The van der Waals surface area contributed by atoms with Crippen molar-refractivity contribution in [2.45, 2.75) is 31.8 Å². The maximum absolute atomic E-state index is 5.40. The van der Waals surface area contributed by atoms with Gasteiger partial charge in [0.2, 0.25) is 5.89 Å². The molecular formula is C8H15ClN4O. The number of rotatable bonds is 2. The molecule has 80 valence electrons. The van der Waals surface area contributed by atoms with Crippen LogP contribution in [0.2, 0.25) is 0 Å². The second-order valence-electron chi connectivity index (χ2n) is 3.58. The van der Waals surface area contributed by atoms with Crippen molar-refractivity contribution in [3.63, 3.8) is 0 Å². The Bertz CT molecular complexity index is 295. The van der Waals surface area contributed by atoms with Crippen LogP contribution in [0.1, 0.15) is 31.5 Å². The summed E-state index contributed by atoms with van der Waals surface area (Å²) in [6.07, 6.45) is 2.19. The molecule has 3 N–H and O–H groups in total. The molecule has 1 unspecified atom stereocenters. The highest BCUT2D eigenvalue weighted by atomic mass is 35.5. The van der Waals surface area contributed by atoms with Gasteiger partial charge >= 0.3 is 0 Å². The quantitative estimate of drug-likeness (QED) is 0.758. The van der Waals surface area contributed by atoms with Gasteiger partial charge in [-0.3, -0.25) is 0 Å². The minimum absolute atomic E-state index is 0. The van der Waals surface area contributed by atoms with Gasteiger partial charge in [0.15, 0.2) is 5.82 Å². The molecule has 0 aromatic carbocycles. The highest BCUT2D eigenvalue weighted by Crippen LogP contribution is 2.28. The van der Waals surface area contributed by atoms with E-state index in [9.17, 15) is 0 Å². The lowest BCUT2D eigenvalue weighted by Gasteiger charge is -2.18. The average molecular weight is 219 g/mol. The fraction of sp³-hybridized carbons (Fsp3) is 0.750. The van der Waals surface area contributed by atoms with Crippen LogP contribution in [-0.2, 0) is 12.1 Å². The molecule has 1 aliphatic rings. The van der Waals surface area contributed by atoms with E-state index in [-0.39, 0.29) is 17.9 Å². The second kappa shape index (κ2) is 4.25. The van der Waals surface area contributed by atoms with Gasteiger partial charge in [0.05, 0.1) is 12.1 Å². The van der Waals surface area contributed by atoms with E-state index in [1.807, 2.05) is 0 Å². The van der Waals surface area contributed by atoms with Gasteiger partial charge in [0, 0.05) is 0 Å². The SMILES string of the molecule is CC1(c2nc(CN)no2)CCCN1.Cl. The predicted molar refractivity (Wildman–Crippen MR) is 54.0 cm³/mol. The van der Waals surface area contributed by atoms with E-state index in [1.54, 1.807) is 0 Å². The fourth-order valence-corrected chi connectivity index (χ4v) is 1.64. The third-order valence-corrected chi connectivity index (χ3v) is 2.49. The molecule has 1 saturated heterocycles. The van der Waals surface area contributed by atoms with Crippen LogP contribution in [0.15, 0.2) is 4.52 Å². The first-order valence-electron chi connectivity index (χ1n) is 4.53. The van der Waals surface area contributed by atoms with Gasteiger partial charge in [-0.2, -0.15) is 4.98 Å². The molecule has 6 heteroatoms. The van der Waals surface area contributed by atoms with Gasteiger partial charge in [-0.05, 0) is 26.3 Å². The third-order valence-electron chi connectivity index (χ3n) is 2.49. The van der Waals surface area contributed by atoms with Crippen LogP contribution in [0.3, 0.4) is 0 Å². The minimum Gasteiger partial charge on any atom is -0.337 e. The molecule has 2 rings (SSSR count). The van der Waals surface area contributed by atoms with E-state index >= 15 is 0 Å². The number of hydrogen-bond acceptors (Lipinski definition) is 5. The Morgan fingerprint density at radius 1 is 1.64 bits per heavy atom.